The number of hydrogen-bond acceptors (Lipinski definition) is 12. The summed E-state index contributed by atoms with van der Waals surface area (Å²) in [5.41, 5.74) is 1.46. The third kappa shape index (κ3) is 60.8. The highest BCUT2D eigenvalue weighted by atomic mass is 32.2. The molecule has 0 spiro atoms. The van der Waals surface area contributed by atoms with E-state index in [0.717, 1.165) is 29.3 Å². The molecule has 0 bridgehead atoms. The lowest BCUT2D eigenvalue weighted by molar-refractivity contribution is -0.903. The van der Waals surface area contributed by atoms with Crippen LogP contribution in [0.15, 0.2) is 110 Å². The van der Waals surface area contributed by atoms with Crippen LogP contribution in [0, 0.1) is 0 Å². The Kier molecular flexibility index (Phi) is 55.0. The molecule has 3 aliphatic heterocycles. The first-order chi connectivity index (χ1) is 46.2. The number of nitrogens with zero attached hydrogens (tertiary/aromatic N) is 6. The number of unbranched alkanes of at least 4 members (excludes halogenated alkanes) is 36. The lowest BCUT2D eigenvalue weighted by atomic mass is 10.0. The molecular weight excluding hydrogens is 1290 g/mol. The first-order valence-corrected chi connectivity index (χ1v) is 41.6. The highest BCUT2D eigenvalue weighted by Crippen LogP contribution is 2.18. The van der Waals surface area contributed by atoms with Crippen LogP contribution < -0.4 is 19.9 Å². The van der Waals surface area contributed by atoms with E-state index >= 15 is 0 Å². The Morgan fingerprint density at radius 2 is 0.577 bits per heavy atom. The number of aryl methyl sites for hydroxylation is 1. The zero-order chi connectivity index (χ0) is 72.4. The molecule has 0 fully saturated rings. The van der Waals surface area contributed by atoms with Crippen molar-refractivity contribution in [2.75, 3.05) is 47.8 Å². The Balaban J connectivity index is 0.00000118. The molecule has 1 aromatic carbocycles. The number of quaternary nitrogens is 2. The maximum atomic E-state index is 10.4. The van der Waals surface area contributed by atoms with Crippen LogP contribution in [0.25, 0.3) is 0 Å². The topological polar surface area (TPSA) is 240 Å². The summed E-state index contributed by atoms with van der Waals surface area (Å²) in [4.78, 5) is 0. The molecule has 2 aromatic rings. The zero-order valence-electron chi connectivity index (χ0n) is 62.6. The molecule has 560 valence electrons. The Morgan fingerprint density at radius 3 is 0.835 bits per heavy atom. The molecular formula is C76H136N6O12S3. The number of hydrogen-bond donors (Lipinski definition) is 0. The van der Waals surface area contributed by atoms with Crippen molar-refractivity contribution in [3.8, 4) is 0 Å². The van der Waals surface area contributed by atoms with E-state index in [1.807, 2.05) is 0 Å². The van der Waals surface area contributed by atoms with E-state index in [2.05, 4.69) is 147 Å². The van der Waals surface area contributed by atoms with Crippen molar-refractivity contribution >= 4 is 48.6 Å². The summed E-state index contributed by atoms with van der Waals surface area (Å²) in [5, 5.41) is 31.2. The predicted molar refractivity (Wildman–Crippen MR) is 397 cm³/mol. The van der Waals surface area contributed by atoms with E-state index < -0.39 is 48.6 Å². The third-order valence-corrected chi connectivity index (χ3v) is 19.3. The molecule has 1 aromatic heterocycles. The van der Waals surface area contributed by atoms with Gasteiger partial charge in [-0.05, 0) is 83.9 Å². The van der Waals surface area contributed by atoms with Gasteiger partial charge in [0.2, 0.25) is 0 Å². The molecule has 4 heterocycles. The van der Waals surface area contributed by atoms with Crippen LogP contribution in [0.3, 0.4) is 0 Å². The van der Waals surface area contributed by atoms with E-state index in [1.54, 1.807) is 0 Å². The molecule has 0 radical (unpaired) electrons. The molecule has 0 unspecified atom stereocenters. The number of rotatable bonds is 46. The highest BCUT2D eigenvalue weighted by Gasteiger charge is 2.18. The van der Waals surface area contributed by atoms with Crippen molar-refractivity contribution in [2.24, 2.45) is 13.2 Å². The van der Waals surface area contributed by atoms with Crippen molar-refractivity contribution in [3.63, 3.8) is 0 Å². The fourth-order valence-corrected chi connectivity index (χ4v) is 13.3. The van der Waals surface area contributed by atoms with Crippen molar-refractivity contribution in [1.29, 1.82) is 0 Å². The molecule has 0 aliphatic carbocycles. The highest BCUT2D eigenvalue weighted by molar-refractivity contribution is 7.86. The summed E-state index contributed by atoms with van der Waals surface area (Å²) < 4.78 is 87.8. The van der Waals surface area contributed by atoms with E-state index in [1.165, 1.54) is 314 Å². The van der Waals surface area contributed by atoms with E-state index in [9.17, 15) is 40.6 Å². The van der Waals surface area contributed by atoms with Gasteiger partial charge >= 0.3 is 30.9 Å². The standard InChI is InChI=1S/C22H48N.2C21H38N.3C4H5NO4S/c1-5-7-9-11-13-15-17-19-21-23(3,4)22-20-18-16-14-12-10-8-6-2;1-4-5-6-7-8-9-10-11-12-16-19-22(2,3)20-21-17-14-13-15-18-21;1-2-3-4-5-6-7-8-9-10-11-12-13-14-16-19-22-20-17-15-18-21-22;3*1-3-2-4(6)5-10(7,8)9-3/h5-22H2,1-4H3;13-15,17-18H,4-12,16,19-20H2,1-3H3;15,17-18,20-21H,2-14,16,19H2,1H3;3*2H,1H3,(H,5,6)/q3*+1;;;/p-3. The quantitative estimate of drug-likeness (QED) is 0.0341. The lowest BCUT2D eigenvalue weighted by Gasteiger charge is -2.30. The number of benzene rings is 1. The Morgan fingerprint density at radius 1 is 0.340 bits per heavy atom. The Hall–Kier alpha value is -4.83. The summed E-state index contributed by atoms with van der Waals surface area (Å²) in [7, 11) is -2.33. The monoisotopic (exact) mass is 1420 g/mol. The summed E-state index contributed by atoms with van der Waals surface area (Å²) in [6.07, 6.45) is 64.7. The molecule has 0 N–H and O–H groups in total. The molecule has 5 rings (SSSR count). The molecule has 97 heavy (non-hydrogen) atoms. The minimum atomic E-state index is -3.97. The molecule has 0 amide bonds. The van der Waals surface area contributed by atoms with Gasteiger partial charge in [-0.15, -0.1) is 13.2 Å². The SMILES string of the molecule is CC1=CC([O-])=NS(=O)(=O)O1.CC1=CC([O-])=NS(=O)(=O)O1.CC1=CC([O-])=NS(=O)(=O)O1.CCCCCCCCCCCCCCCC[n+]1ccccc1.CCCCCCCCCCCC[N+](C)(C)Cc1ccccc1.CCCCCCCCCC[N+](C)(C)CCCCCCCCCC. The smallest absolute Gasteiger partial charge is 0.427 e. The normalized spacial score (nSPS) is 15.0. The van der Waals surface area contributed by atoms with Gasteiger partial charge in [0.1, 0.15) is 30.4 Å². The molecule has 3 aliphatic rings. The second kappa shape index (κ2) is 57.9. The summed E-state index contributed by atoms with van der Waals surface area (Å²) in [6, 6.07) is 17.2. The van der Waals surface area contributed by atoms with Gasteiger partial charge in [0.15, 0.2) is 12.4 Å². The minimum absolute atomic E-state index is 0.0417. The second-order valence-corrected chi connectivity index (χ2v) is 31.2. The maximum Gasteiger partial charge on any atom is 0.427 e. The summed E-state index contributed by atoms with van der Waals surface area (Å²) in [5.74, 6) is -2.28. The largest absolute Gasteiger partial charge is 0.858 e. The fourth-order valence-electron chi connectivity index (χ4n) is 11.3. The predicted octanol–water partition coefficient (Wildman–Crippen LogP) is 16.8. The van der Waals surface area contributed by atoms with Crippen LogP contribution in [0.1, 0.15) is 311 Å². The van der Waals surface area contributed by atoms with Crippen molar-refractivity contribution < 1.29 is 66.7 Å². The number of aromatic nitrogens is 1. The van der Waals surface area contributed by atoms with Crippen LogP contribution in [-0.4, -0.2) is 99.7 Å². The molecule has 0 atom stereocenters. The van der Waals surface area contributed by atoms with Crippen molar-refractivity contribution in [3.05, 3.63) is 102 Å². The van der Waals surface area contributed by atoms with Crippen molar-refractivity contribution in [1.82, 2.24) is 0 Å². The Bertz CT molecular complexity index is 2630. The molecule has 18 nitrogen and oxygen atoms in total. The minimum Gasteiger partial charge on any atom is -0.858 e. The number of pyridine rings is 1. The van der Waals surface area contributed by atoms with Gasteiger partial charge in [-0.25, -0.2) is 4.57 Å². The van der Waals surface area contributed by atoms with Crippen LogP contribution >= 0.6 is 0 Å². The summed E-state index contributed by atoms with van der Waals surface area (Å²) in [6.45, 7) is 19.7. The van der Waals surface area contributed by atoms with Gasteiger partial charge in [0, 0.05) is 41.8 Å². The van der Waals surface area contributed by atoms with Gasteiger partial charge in [0.05, 0.1) is 47.8 Å². The number of allylic oxidation sites excluding steroid dienone is 3. The molecule has 21 heteroatoms. The van der Waals surface area contributed by atoms with Crippen molar-refractivity contribution in [2.45, 2.75) is 318 Å². The average Bonchev–Trinajstić information content (AvgIpc) is 0.911. The van der Waals surface area contributed by atoms with Gasteiger partial charge < -0.3 is 36.8 Å². The van der Waals surface area contributed by atoms with Crippen LogP contribution in [0.5, 0.6) is 0 Å². The Labute approximate surface area is 593 Å². The van der Waals surface area contributed by atoms with Crippen LogP contribution in [-0.2, 0) is 56.6 Å². The summed E-state index contributed by atoms with van der Waals surface area (Å²) >= 11 is 0. The van der Waals surface area contributed by atoms with Crippen LogP contribution in [0.2, 0.25) is 0 Å². The van der Waals surface area contributed by atoms with Gasteiger partial charge in [-0.3, -0.25) is 0 Å². The lowest BCUT2D eigenvalue weighted by Crippen LogP contribution is -2.41. The van der Waals surface area contributed by atoms with Crippen LogP contribution in [0.4, 0.5) is 0 Å². The molecule has 0 saturated heterocycles. The van der Waals surface area contributed by atoms with E-state index in [0.29, 0.717) is 0 Å². The maximum absolute atomic E-state index is 10.4. The first-order valence-electron chi connectivity index (χ1n) is 37.5. The second-order valence-electron chi connectivity index (χ2n) is 27.6. The van der Waals surface area contributed by atoms with E-state index in [4.69, 9.17) is 0 Å². The average molecular weight is 1420 g/mol. The fraction of sp³-hybridized carbons (Fsp3) is 0.737. The van der Waals surface area contributed by atoms with E-state index in [-0.39, 0.29) is 17.3 Å². The third-order valence-electron chi connectivity index (χ3n) is 16.6. The van der Waals surface area contributed by atoms with Gasteiger partial charge in [-0.2, -0.15) is 25.3 Å². The van der Waals surface area contributed by atoms with Gasteiger partial charge in [0.25, 0.3) is 0 Å². The first kappa shape index (κ1) is 92.2. The molecule has 0 saturated carbocycles. The van der Waals surface area contributed by atoms with Gasteiger partial charge in [-0.1, -0.05) is 270 Å². The zero-order valence-corrected chi connectivity index (χ0v) is 65.1.